The van der Waals surface area contributed by atoms with Crippen molar-refractivity contribution in [2.45, 2.75) is 13.8 Å². The number of hydrogen-bond donors (Lipinski definition) is 1. The van der Waals surface area contributed by atoms with Gasteiger partial charge in [0.25, 0.3) is 5.91 Å². The van der Waals surface area contributed by atoms with Crippen molar-refractivity contribution >= 4 is 57.7 Å². The molecule has 2 amide bonds. The zero-order valence-corrected chi connectivity index (χ0v) is 18.2. The lowest BCUT2D eigenvalue weighted by atomic mass is 10.1. The second-order valence-corrected chi connectivity index (χ2v) is 8.42. The summed E-state index contributed by atoms with van der Waals surface area (Å²) in [6.07, 6.45) is 3.76. The molecule has 152 valence electrons. The molecule has 0 unspecified atom stereocenters. The summed E-state index contributed by atoms with van der Waals surface area (Å²) in [5, 5.41) is 2.72. The zero-order chi connectivity index (χ0) is 21.7. The summed E-state index contributed by atoms with van der Waals surface area (Å²) in [6.45, 7) is 3.22. The van der Waals surface area contributed by atoms with Crippen LogP contribution in [0.3, 0.4) is 0 Å². The third-order valence-corrected chi connectivity index (χ3v) is 5.68. The molecule has 0 bridgehead atoms. The minimum Gasteiger partial charge on any atom is -0.325 e. The maximum Gasteiger partial charge on any atom is 0.266 e. The molecule has 5 nitrogen and oxygen atoms in total. The highest BCUT2D eigenvalue weighted by atomic mass is 32.2. The zero-order valence-electron chi connectivity index (χ0n) is 16.5. The van der Waals surface area contributed by atoms with Crippen molar-refractivity contribution in [2.75, 3.05) is 11.9 Å². The van der Waals surface area contributed by atoms with Gasteiger partial charge in [-0.2, -0.15) is 0 Å². The van der Waals surface area contributed by atoms with Gasteiger partial charge in [0.1, 0.15) is 10.9 Å². The van der Waals surface area contributed by atoms with E-state index in [0.717, 1.165) is 11.1 Å². The van der Waals surface area contributed by atoms with Crippen molar-refractivity contribution in [2.24, 2.45) is 0 Å². The normalized spacial score (nSPS) is 15.6. The Kier molecular flexibility index (Phi) is 6.97. The summed E-state index contributed by atoms with van der Waals surface area (Å²) in [5.74, 6) is -0.693. The molecule has 0 radical (unpaired) electrons. The number of Topliss-reactive ketones (excluding diaryl/α,β-unsaturated/α-hetero) is 1. The van der Waals surface area contributed by atoms with Crippen molar-refractivity contribution < 1.29 is 14.4 Å². The first-order valence-corrected chi connectivity index (χ1v) is 10.5. The van der Waals surface area contributed by atoms with Gasteiger partial charge in [-0.15, -0.1) is 0 Å². The fourth-order valence-corrected chi connectivity index (χ4v) is 4.13. The summed E-state index contributed by atoms with van der Waals surface area (Å²) in [5.41, 5.74) is 3.07. The topological polar surface area (TPSA) is 66.5 Å². The maximum atomic E-state index is 12.7. The molecule has 30 heavy (non-hydrogen) atoms. The molecule has 0 aromatic heterocycles. The van der Waals surface area contributed by atoms with E-state index in [1.807, 2.05) is 43.3 Å². The Balaban J connectivity index is 1.65. The van der Waals surface area contributed by atoms with Crippen molar-refractivity contribution in [1.29, 1.82) is 0 Å². The number of rotatable bonds is 6. The number of hydrogen-bond acceptors (Lipinski definition) is 5. The van der Waals surface area contributed by atoms with Crippen LogP contribution in [-0.2, 0) is 9.59 Å². The number of thiocarbonyl (C=S) groups is 1. The van der Waals surface area contributed by atoms with E-state index in [1.165, 1.54) is 23.6 Å². The van der Waals surface area contributed by atoms with Gasteiger partial charge in [-0.3, -0.25) is 19.3 Å². The first kappa shape index (κ1) is 21.7. The Bertz CT molecular complexity index is 1060. The van der Waals surface area contributed by atoms with Crippen LogP contribution in [0, 0.1) is 0 Å². The molecule has 1 saturated heterocycles. The fourth-order valence-electron chi connectivity index (χ4n) is 2.83. The number of allylic oxidation sites excluding steroid dienone is 2. The number of amides is 2. The minimum atomic E-state index is -0.361. The van der Waals surface area contributed by atoms with Gasteiger partial charge in [0, 0.05) is 11.3 Å². The maximum absolute atomic E-state index is 12.7. The van der Waals surface area contributed by atoms with Gasteiger partial charge in [-0.1, -0.05) is 60.4 Å². The molecular formula is C23H20N2O3S2. The van der Waals surface area contributed by atoms with Crippen LogP contribution in [0.5, 0.6) is 0 Å². The second kappa shape index (κ2) is 9.65. The highest BCUT2D eigenvalue weighted by Crippen LogP contribution is 2.32. The second-order valence-electron chi connectivity index (χ2n) is 6.75. The third-order valence-electron chi connectivity index (χ3n) is 4.30. The Morgan fingerprint density at radius 3 is 2.37 bits per heavy atom. The predicted octanol–water partition coefficient (Wildman–Crippen LogP) is 4.68. The molecule has 0 aliphatic carbocycles. The van der Waals surface area contributed by atoms with Gasteiger partial charge < -0.3 is 5.32 Å². The molecule has 2 aromatic carbocycles. The van der Waals surface area contributed by atoms with Crippen molar-refractivity contribution in [3.8, 4) is 0 Å². The molecule has 1 heterocycles. The highest BCUT2D eigenvalue weighted by Gasteiger charge is 2.33. The molecule has 0 atom stereocenters. The van der Waals surface area contributed by atoms with Crippen LogP contribution in [0.4, 0.5) is 5.69 Å². The van der Waals surface area contributed by atoms with E-state index in [0.29, 0.717) is 20.5 Å². The van der Waals surface area contributed by atoms with Crippen LogP contribution >= 0.6 is 24.0 Å². The monoisotopic (exact) mass is 436 g/mol. The Hall–Kier alpha value is -3.03. The number of benzene rings is 2. The van der Waals surface area contributed by atoms with E-state index < -0.39 is 0 Å². The van der Waals surface area contributed by atoms with Crippen LogP contribution in [0.1, 0.15) is 29.8 Å². The molecule has 0 saturated carbocycles. The number of carbonyl (C=O) groups excluding carboxylic acids is 3. The SMILES string of the molecule is CC(=O)c1ccc(NC(=O)CN2C(=O)/C(=C/C(C)=C/c3ccccc3)SC2=S)cc1. The van der Waals surface area contributed by atoms with Gasteiger partial charge >= 0.3 is 0 Å². The average molecular weight is 437 g/mol. The van der Waals surface area contributed by atoms with E-state index in [2.05, 4.69) is 5.32 Å². The van der Waals surface area contributed by atoms with Crippen LogP contribution in [-0.4, -0.2) is 33.4 Å². The smallest absolute Gasteiger partial charge is 0.266 e. The molecule has 1 fully saturated rings. The number of carbonyl (C=O) groups is 3. The van der Waals surface area contributed by atoms with Gasteiger partial charge in [-0.05, 0) is 55.3 Å². The quantitative estimate of drug-likeness (QED) is 0.405. The lowest BCUT2D eigenvalue weighted by Gasteiger charge is -2.14. The Morgan fingerprint density at radius 1 is 1.07 bits per heavy atom. The number of nitrogens with zero attached hydrogens (tertiary/aromatic N) is 1. The molecule has 1 N–H and O–H groups in total. The molecule has 1 aliphatic rings. The molecule has 7 heteroatoms. The number of nitrogens with one attached hydrogen (secondary N) is 1. The largest absolute Gasteiger partial charge is 0.325 e. The third kappa shape index (κ3) is 5.52. The van der Waals surface area contributed by atoms with Gasteiger partial charge in [-0.25, -0.2) is 0 Å². The summed E-state index contributed by atoms with van der Waals surface area (Å²) >= 11 is 6.48. The molecular weight excluding hydrogens is 416 g/mol. The van der Waals surface area contributed by atoms with E-state index in [1.54, 1.807) is 30.3 Å². The van der Waals surface area contributed by atoms with E-state index >= 15 is 0 Å². The summed E-state index contributed by atoms with van der Waals surface area (Å²) < 4.78 is 0.348. The lowest BCUT2D eigenvalue weighted by Crippen LogP contribution is -2.36. The lowest BCUT2D eigenvalue weighted by molar-refractivity contribution is -0.126. The minimum absolute atomic E-state index is 0.0474. The predicted molar refractivity (Wildman–Crippen MR) is 125 cm³/mol. The first-order valence-electron chi connectivity index (χ1n) is 9.23. The van der Waals surface area contributed by atoms with Crippen molar-refractivity contribution in [3.63, 3.8) is 0 Å². The van der Waals surface area contributed by atoms with Crippen LogP contribution in [0.15, 0.2) is 71.2 Å². The highest BCUT2D eigenvalue weighted by molar-refractivity contribution is 8.26. The first-order chi connectivity index (χ1) is 14.3. The van der Waals surface area contributed by atoms with E-state index in [-0.39, 0.29) is 24.1 Å². The standard InChI is InChI=1S/C23H20N2O3S2/c1-15(12-17-6-4-3-5-7-17)13-20-22(28)25(23(29)30-20)14-21(27)24-19-10-8-18(9-11-19)16(2)26/h3-13H,14H2,1-2H3,(H,24,27)/b15-12+,20-13-. The molecule has 3 rings (SSSR count). The number of ketones is 1. The summed E-state index contributed by atoms with van der Waals surface area (Å²) in [7, 11) is 0. The average Bonchev–Trinajstić information content (AvgIpc) is 2.96. The number of thioether (sulfide) groups is 1. The van der Waals surface area contributed by atoms with Crippen LogP contribution in [0.2, 0.25) is 0 Å². The van der Waals surface area contributed by atoms with E-state index in [9.17, 15) is 14.4 Å². The molecule has 1 aliphatic heterocycles. The van der Waals surface area contributed by atoms with Crippen LogP contribution in [0.25, 0.3) is 6.08 Å². The summed E-state index contributed by atoms with van der Waals surface area (Å²) in [4.78, 5) is 38.2. The van der Waals surface area contributed by atoms with Gasteiger partial charge in [0.05, 0.1) is 4.91 Å². The van der Waals surface area contributed by atoms with Crippen LogP contribution < -0.4 is 5.32 Å². The number of anilines is 1. The van der Waals surface area contributed by atoms with Gasteiger partial charge in [0.15, 0.2) is 5.78 Å². The Morgan fingerprint density at radius 2 is 1.73 bits per heavy atom. The van der Waals surface area contributed by atoms with E-state index in [4.69, 9.17) is 12.2 Å². The molecule has 0 spiro atoms. The van der Waals surface area contributed by atoms with Crippen molar-refractivity contribution in [1.82, 2.24) is 4.90 Å². The fraction of sp³-hybridized carbons (Fsp3) is 0.130. The molecule has 2 aromatic rings. The van der Waals surface area contributed by atoms with Gasteiger partial charge in [0.2, 0.25) is 5.91 Å². The Labute approximate surface area is 184 Å². The summed E-state index contributed by atoms with van der Waals surface area (Å²) in [6, 6.07) is 16.4. The van der Waals surface area contributed by atoms with Crippen molar-refractivity contribution in [3.05, 3.63) is 82.3 Å².